The third-order valence-corrected chi connectivity index (χ3v) is 4.23. The molecule has 1 aliphatic rings. The number of rotatable bonds is 1. The summed E-state index contributed by atoms with van der Waals surface area (Å²) in [6.45, 7) is 7.71. The van der Waals surface area contributed by atoms with Crippen LogP contribution in [0.25, 0.3) is 11.1 Å². The highest BCUT2D eigenvalue weighted by molar-refractivity contribution is 5.77. The van der Waals surface area contributed by atoms with Gasteiger partial charge in [0.05, 0.1) is 0 Å². The van der Waals surface area contributed by atoms with Crippen molar-refractivity contribution in [2.24, 2.45) is 0 Å². The van der Waals surface area contributed by atoms with Crippen molar-refractivity contribution in [2.75, 3.05) is 11.9 Å². The van der Waals surface area contributed by atoms with Gasteiger partial charge in [-0.05, 0) is 73.1 Å². The summed E-state index contributed by atoms with van der Waals surface area (Å²) in [6, 6.07) is 11.3. The maximum absolute atomic E-state index is 3.52. The topological polar surface area (TPSA) is 12.0 Å². The number of nitrogens with one attached hydrogen (secondary N) is 1. The number of fused-ring (bicyclic) bond motifs is 1. The van der Waals surface area contributed by atoms with E-state index in [1.54, 1.807) is 0 Å². The third-order valence-electron chi connectivity index (χ3n) is 4.23. The van der Waals surface area contributed by atoms with Crippen molar-refractivity contribution in [2.45, 2.75) is 33.6 Å². The highest BCUT2D eigenvalue weighted by Crippen LogP contribution is 2.35. The van der Waals surface area contributed by atoms with E-state index in [4.69, 9.17) is 0 Å². The SMILES string of the molecule is Cc1cc(C)c(-c2cccc3c2CCCN3)cc1C. The lowest BCUT2D eigenvalue weighted by Gasteiger charge is -2.22. The van der Waals surface area contributed by atoms with Crippen LogP contribution in [-0.2, 0) is 6.42 Å². The molecule has 0 spiro atoms. The average Bonchev–Trinajstić information content (AvgIpc) is 2.42. The number of anilines is 1. The molecule has 0 saturated carbocycles. The average molecular weight is 251 g/mol. The molecule has 2 aromatic rings. The van der Waals surface area contributed by atoms with Crippen molar-refractivity contribution in [1.29, 1.82) is 0 Å². The minimum atomic E-state index is 1.10. The van der Waals surface area contributed by atoms with Crippen molar-refractivity contribution in [3.63, 3.8) is 0 Å². The van der Waals surface area contributed by atoms with Crippen LogP contribution in [0.2, 0.25) is 0 Å². The lowest BCUT2D eigenvalue weighted by Crippen LogP contribution is -2.12. The normalized spacial score (nSPS) is 13.8. The van der Waals surface area contributed by atoms with E-state index in [1.807, 2.05) is 0 Å². The first kappa shape index (κ1) is 12.3. The zero-order chi connectivity index (χ0) is 13.4. The van der Waals surface area contributed by atoms with E-state index in [2.05, 4.69) is 56.4 Å². The lowest BCUT2D eigenvalue weighted by atomic mass is 9.89. The molecule has 0 aliphatic carbocycles. The van der Waals surface area contributed by atoms with E-state index in [0.29, 0.717) is 0 Å². The Morgan fingerprint density at radius 1 is 0.895 bits per heavy atom. The van der Waals surface area contributed by atoms with E-state index in [-0.39, 0.29) is 0 Å². The molecule has 1 heterocycles. The Hall–Kier alpha value is -1.76. The van der Waals surface area contributed by atoms with E-state index in [1.165, 1.54) is 51.9 Å². The Morgan fingerprint density at radius 3 is 2.53 bits per heavy atom. The molecule has 2 aromatic carbocycles. The van der Waals surface area contributed by atoms with Crippen LogP contribution in [0.5, 0.6) is 0 Å². The highest BCUT2D eigenvalue weighted by Gasteiger charge is 2.15. The minimum absolute atomic E-state index is 1.10. The molecule has 0 unspecified atom stereocenters. The molecular formula is C18H21N. The Morgan fingerprint density at radius 2 is 1.68 bits per heavy atom. The predicted molar refractivity (Wildman–Crippen MR) is 82.9 cm³/mol. The largest absolute Gasteiger partial charge is 0.385 e. The quantitative estimate of drug-likeness (QED) is 0.778. The van der Waals surface area contributed by atoms with E-state index in [9.17, 15) is 0 Å². The Balaban J connectivity index is 2.20. The van der Waals surface area contributed by atoms with Gasteiger partial charge in [0, 0.05) is 12.2 Å². The number of benzene rings is 2. The fraction of sp³-hybridized carbons (Fsp3) is 0.333. The Kier molecular flexibility index (Phi) is 3.06. The number of hydrogen-bond acceptors (Lipinski definition) is 1. The van der Waals surface area contributed by atoms with Crippen LogP contribution in [0.3, 0.4) is 0 Å². The predicted octanol–water partition coefficient (Wildman–Crippen LogP) is 4.64. The molecule has 1 N–H and O–H groups in total. The molecule has 98 valence electrons. The van der Waals surface area contributed by atoms with Gasteiger partial charge in [-0.2, -0.15) is 0 Å². The fourth-order valence-corrected chi connectivity index (χ4v) is 3.01. The van der Waals surface area contributed by atoms with Crippen LogP contribution in [0, 0.1) is 20.8 Å². The highest BCUT2D eigenvalue weighted by atomic mass is 14.9. The van der Waals surface area contributed by atoms with Crippen molar-refractivity contribution in [3.8, 4) is 11.1 Å². The van der Waals surface area contributed by atoms with E-state index in [0.717, 1.165) is 6.54 Å². The summed E-state index contributed by atoms with van der Waals surface area (Å²) in [7, 11) is 0. The van der Waals surface area contributed by atoms with Crippen molar-refractivity contribution >= 4 is 5.69 Å². The molecule has 0 amide bonds. The zero-order valence-electron chi connectivity index (χ0n) is 12.0. The lowest BCUT2D eigenvalue weighted by molar-refractivity contribution is 0.832. The molecule has 3 rings (SSSR count). The fourth-order valence-electron chi connectivity index (χ4n) is 3.01. The zero-order valence-corrected chi connectivity index (χ0v) is 12.0. The molecule has 0 bridgehead atoms. The van der Waals surface area contributed by atoms with Gasteiger partial charge >= 0.3 is 0 Å². The van der Waals surface area contributed by atoms with Crippen molar-refractivity contribution < 1.29 is 0 Å². The smallest absolute Gasteiger partial charge is 0.0378 e. The molecule has 0 saturated heterocycles. The number of hydrogen-bond donors (Lipinski definition) is 1. The molecular weight excluding hydrogens is 230 g/mol. The van der Waals surface area contributed by atoms with Gasteiger partial charge in [0.1, 0.15) is 0 Å². The molecule has 0 aromatic heterocycles. The van der Waals surface area contributed by atoms with Gasteiger partial charge in [-0.25, -0.2) is 0 Å². The van der Waals surface area contributed by atoms with Crippen molar-refractivity contribution in [1.82, 2.24) is 0 Å². The van der Waals surface area contributed by atoms with Gasteiger partial charge in [0.15, 0.2) is 0 Å². The summed E-state index contributed by atoms with van der Waals surface area (Å²) in [6.07, 6.45) is 2.42. The van der Waals surface area contributed by atoms with Crippen LogP contribution in [0.1, 0.15) is 28.7 Å². The second-order valence-corrected chi connectivity index (χ2v) is 5.61. The summed E-state index contributed by atoms with van der Waals surface area (Å²) in [5.41, 5.74) is 9.74. The van der Waals surface area contributed by atoms with Crippen LogP contribution in [-0.4, -0.2) is 6.54 Å². The number of aryl methyl sites for hydroxylation is 3. The molecule has 1 heteroatoms. The third kappa shape index (κ3) is 2.14. The molecule has 1 aliphatic heterocycles. The first-order valence-electron chi connectivity index (χ1n) is 7.11. The van der Waals surface area contributed by atoms with E-state index < -0.39 is 0 Å². The molecule has 1 nitrogen and oxygen atoms in total. The first-order chi connectivity index (χ1) is 9.16. The maximum Gasteiger partial charge on any atom is 0.0378 e. The van der Waals surface area contributed by atoms with Gasteiger partial charge in [-0.15, -0.1) is 0 Å². The summed E-state index contributed by atoms with van der Waals surface area (Å²) >= 11 is 0. The second-order valence-electron chi connectivity index (χ2n) is 5.61. The summed E-state index contributed by atoms with van der Waals surface area (Å²) in [4.78, 5) is 0. The monoisotopic (exact) mass is 251 g/mol. The van der Waals surface area contributed by atoms with Gasteiger partial charge in [0.25, 0.3) is 0 Å². The van der Waals surface area contributed by atoms with Crippen LogP contribution in [0.4, 0.5) is 5.69 Å². The molecule has 0 radical (unpaired) electrons. The minimum Gasteiger partial charge on any atom is -0.385 e. The summed E-state index contributed by atoms with van der Waals surface area (Å²) in [5.74, 6) is 0. The maximum atomic E-state index is 3.52. The van der Waals surface area contributed by atoms with Gasteiger partial charge in [-0.3, -0.25) is 0 Å². The summed E-state index contributed by atoms with van der Waals surface area (Å²) < 4.78 is 0. The standard InChI is InChI=1S/C18H21N/c1-12-10-14(3)17(11-13(12)2)15-6-4-8-18-16(15)7-5-9-19-18/h4,6,8,10-11,19H,5,7,9H2,1-3H3. The van der Waals surface area contributed by atoms with Gasteiger partial charge in [0.2, 0.25) is 0 Å². The van der Waals surface area contributed by atoms with E-state index >= 15 is 0 Å². The van der Waals surface area contributed by atoms with Gasteiger partial charge < -0.3 is 5.32 Å². The summed E-state index contributed by atoms with van der Waals surface area (Å²) in [5, 5.41) is 3.52. The van der Waals surface area contributed by atoms with Crippen LogP contribution >= 0.6 is 0 Å². The second kappa shape index (κ2) is 4.73. The van der Waals surface area contributed by atoms with Crippen LogP contribution < -0.4 is 5.32 Å². The van der Waals surface area contributed by atoms with Crippen LogP contribution in [0.15, 0.2) is 30.3 Å². The van der Waals surface area contributed by atoms with Gasteiger partial charge in [-0.1, -0.05) is 24.3 Å². The molecule has 19 heavy (non-hydrogen) atoms. The Labute approximate surface area is 115 Å². The first-order valence-corrected chi connectivity index (χ1v) is 7.11. The Bertz CT molecular complexity index is 626. The van der Waals surface area contributed by atoms with Crippen molar-refractivity contribution in [3.05, 3.63) is 52.6 Å². The molecule has 0 atom stereocenters. The molecule has 0 fully saturated rings.